The lowest BCUT2D eigenvalue weighted by Crippen LogP contribution is -2.46. The molecule has 0 aromatic heterocycles. The minimum Gasteiger partial charge on any atom is -0.508 e. The van der Waals surface area contributed by atoms with Gasteiger partial charge >= 0.3 is 5.97 Å². The first-order chi connectivity index (χ1) is 9.99. The Labute approximate surface area is 121 Å². The van der Waals surface area contributed by atoms with Gasteiger partial charge in [0.25, 0.3) is 5.91 Å². The molecule has 3 N–H and O–H groups in total. The van der Waals surface area contributed by atoms with Crippen LogP contribution in [0.4, 0.5) is 4.39 Å². The van der Waals surface area contributed by atoms with Crippen LogP contribution in [0.5, 0.6) is 5.75 Å². The molecule has 1 atom stereocenters. The zero-order valence-electron chi connectivity index (χ0n) is 11.5. The zero-order valence-corrected chi connectivity index (χ0v) is 11.5. The van der Waals surface area contributed by atoms with Crippen LogP contribution in [0.1, 0.15) is 42.5 Å². The van der Waals surface area contributed by atoms with E-state index in [9.17, 15) is 19.1 Å². The number of carbonyl (C=O) groups is 2. The van der Waals surface area contributed by atoms with E-state index in [1.807, 2.05) is 0 Å². The summed E-state index contributed by atoms with van der Waals surface area (Å²) in [6.45, 7) is 0. The van der Waals surface area contributed by atoms with Gasteiger partial charge in [0, 0.05) is 6.07 Å². The maximum absolute atomic E-state index is 13.6. The van der Waals surface area contributed by atoms with Gasteiger partial charge in [0.2, 0.25) is 0 Å². The number of amides is 1. The summed E-state index contributed by atoms with van der Waals surface area (Å²) in [6, 6.07) is 2.14. The Hall–Kier alpha value is -2.11. The number of rotatable bonds is 4. The Morgan fingerprint density at radius 2 is 1.90 bits per heavy atom. The monoisotopic (exact) mass is 295 g/mol. The number of aromatic hydroxyl groups is 1. The minimum atomic E-state index is -1.10. The molecule has 21 heavy (non-hydrogen) atoms. The summed E-state index contributed by atoms with van der Waals surface area (Å²) in [5.74, 6) is -3.16. The summed E-state index contributed by atoms with van der Waals surface area (Å²) < 4.78 is 13.6. The van der Waals surface area contributed by atoms with Crippen LogP contribution >= 0.6 is 0 Å². The molecule has 1 fully saturated rings. The van der Waals surface area contributed by atoms with E-state index in [0.29, 0.717) is 0 Å². The van der Waals surface area contributed by atoms with E-state index in [0.717, 1.165) is 44.2 Å². The predicted octanol–water partition coefficient (Wildman–Crippen LogP) is 2.29. The van der Waals surface area contributed by atoms with Gasteiger partial charge in [-0.05, 0) is 30.9 Å². The lowest BCUT2D eigenvalue weighted by Gasteiger charge is -2.28. The second-order valence-corrected chi connectivity index (χ2v) is 5.35. The SMILES string of the molecule is O=C(NC(C(=O)O)C1CCCCC1)c1ccc(O)cc1F. The molecule has 1 aliphatic carbocycles. The van der Waals surface area contributed by atoms with Crippen molar-refractivity contribution in [3.05, 3.63) is 29.6 Å². The van der Waals surface area contributed by atoms with Gasteiger partial charge in [0.15, 0.2) is 0 Å². The maximum atomic E-state index is 13.6. The average Bonchev–Trinajstić information content (AvgIpc) is 2.45. The fraction of sp³-hybridized carbons (Fsp3) is 0.467. The third kappa shape index (κ3) is 3.71. The van der Waals surface area contributed by atoms with E-state index < -0.39 is 23.7 Å². The lowest BCUT2D eigenvalue weighted by atomic mass is 9.84. The number of carboxylic acid groups (broad SMARTS) is 1. The van der Waals surface area contributed by atoms with Crippen molar-refractivity contribution in [3.63, 3.8) is 0 Å². The van der Waals surface area contributed by atoms with Crippen molar-refractivity contribution in [2.75, 3.05) is 0 Å². The minimum absolute atomic E-state index is 0.125. The van der Waals surface area contributed by atoms with Crippen LogP contribution in [0.3, 0.4) is 0 Å². The number of nitrogens with one attached hydrogen (secondary N) is 1. The number of carbonyl (C=O) groups excluding carboxylic acids is 1. The molecule has 1 unspecified atom stereocenters. The average molecular weight is 295 g/mol. The number of aliphatic carboxylic acids is 1. The molecular weight excluding hydrogens is 277 g/mol. The molecule has 114 valence electrons. The van der Waals surface area contributed by atoms with Gasteiger partial charge in [0.1, 0.15) is 17.6 Å². The van der Waals surface area contributed by atoms with Crippen molar-refractivity contribution in [2.24, 2.45) is 5.92 Å². The van der Waals surface area contributed by atoms with Gasteiger partial charge in [-0.25, -0.2) is 9.18 Å². The highest BCUT2D eigenvalue weighted by Gasteiger charge is 2.31. The highest BCUT2D eigenvalue weighted by Crippen LogP contribution is 2.27. The molecule has 6 heteroatoms. The number of benzene rings is 1. The van der Waals surface area contributed by atoms with Crippen LogP contribution < -0.4 is 5.32 Å². The van der Waals surface area contributed by atoms with E-state index >= 15 is 0 Å². The molecule has 2 rings (SSSR count). The van der Waals surface area contributed by atoms with E-state index in [-0.39, 0.29) is 17.2 Å². The summed E-state index contributed by atoms with van der Waals surface area (Å²) in [7, 11) is 0. The molecule has 1 aromatic rings. The molecule has 1 saturated carbocycles. The van der Waals surface area contributed by atoms with Crippen LogP contribution in [0.2, 0.25) is 0 Å². The first-order valence-electron chi connectivity index (χ1n) is 7.01. The standard InChI is InChI=1S/C15H18FNO4/c16-12-8-10(18)6-7-11(12)14(19)17-13(15(20)21)9-4-2-1-3-5-9/h6-9,13,18H,1-5H2,(H,17,19)(H,20,21). The van der Waals surface area contributed by atoms with Gasteiger partial charge in [0.05, 0.1) is 5.56 Å². The van der Waals surface area contributed by atoms with Gasteiger partial charge in [-0.3, -0.25) is 4.79 Å². The Bertz CT molecular complexity index is 540. The highest BCUT2D eigenvalue weighted by atomic mass is 19.1. The lowest BCUT2D eigenvalue weighted by molar-refractivity contribution is -0.141. The molecule has 0 bridgehead atoms. The highest BCUT2D eigenvalue weighted by molar-refractivity contribution is 5.97. The van der Waals surface area contributed by atoms with Crippen molar-refractivity contribution in [2.45, 2.75) is 38.1 Å². The summed E-state index contributed by atoms with van der Waals surface area (Å²) in [4.78, 5) is 23.4. The Kier molecular flexibility index (Phi) is 4.77. The topological polar surface area (TPSA) is 86.6 Å². The molecule has 1 aromatic carbocycles. The number of halogens is 1. The number of phenols is 1. The number of carboxylic acids is 1. The van der Waals surface area contributed by atoms with Crippen molar-refractivity contribution in [1.29, 1.82) is 0 Å². The van der Waals surface area contributed by atoms with Crippen molar-refractivity contribution in [3.8, 4) is 5.75 Å². The van der Waals surface area contributed by atoms with Crippen LogP contribution in [0, 0.1) is 11.7 Å². The smallest absolute Gasteiger partial charge is 0.326 e. The maximum Gasteiger partial charge on any atom is 0.326 e. The van der Waals surface area contributed by atoms with Gasteiger partial charge in [-0.15, -0.1) is 0 Å². The molecule has 0 spiro atoms. The Morgan fingerprint density at radius 3 is 2.48 bits per heavy atom. The summed E-state index contributed by atoms with van der Waals surface area (Å²) in [6.07, 6.45) is 4.45. The molecule has 0 aliphatic heterocycles. The quantitative estimate of drug-likeness (QED) is 0.795. The first kappa shape index (κ1) is 15.3. The molecule has 1 aliphatic rings. The normalized spacial score (nSPS) is 17.2. The third-order valence-corrected chi connectivity index (χ3v) is 3.87. The molecular formula is C15H18FNO4. The van der Waals surface area contributed by atoms with Gasteiger partial charge in [-0.1, -0.05) is 19.3 Å². The van der Waals surface area contributed by atoms with Gasteiger partial charge < -0.3 is 15.5 Å². The van der Waals surface area contributed by atoms with Crippen LogP contribution in [-0.2, 0) is 4.79 Å². The first-order valence-corrected chi connectivity index (χ1v) is 7.01. The number of hydrogen-bond donors (Lipinski definition) is 3. The predicted molar refractivity (Wildman–Crippen MR) is 73.5 cm³/mol. The summed E-state index contributed by atoms with van der Waals surface area (Å²) in [5, 5.41) is 20.8. The second kappa shape index (κ2) is 6.56. The van der Waals surface area contributed by atoms with Crippen molar-refractivity contribution in [1.82, 2.24) is 5.32 Å². The third-order valence-electron chi connectivity index (χ3n) is 3.87. The van der Waals surface area contributed by atoms with Crippen LogP contribution in [0.15, 0.2) is 18.2 Å². The van der Waals surface area contributed by atoms with Gasteiger partial charge in [-0.2, -0.15) is 0 Å². The van der Waals surface area contributed by atoms with E-state index in [4.69, 9.17) is 5.11 Å². The van der Waals surface area contributed by atoms with Crippen LogP contribution in [-0.4, -0.2) is 28.1 Å². The fourth-order valence-electron chi connectivity index (χ4n) is 2.76. The zero-order chi connectivity index (χ0) is 15.4. The molecule has 0 radical (unpaired) electrons. The summed E-state index contributed by atoms with van der Waals surface area (Å²) >= 11 is 0. The van der Waals surface area contributed by atoms with E-state index in [1.54, 1.807) is 0 Å². The Balaban J connectivity index is 2.12. The molecule has 0 saturated heterocycles. The number of phenolic OH excluding ortho intramolecular Hbond substituents is 1. The van der Waals surface area contributed by atoms with E-state index in [2.05, 4.69) is 5.32 Å². The Morgan fingerprint density at radius 1 is 1.24 bits per heavy atom. The fourth-order valence-corrected chi connectivity index (χ4v) is 2.76. The molecule has 5 nitrogen and oxygen atoms in total. The van der Waals surface area contributed by atoms with Crippen molar-refractivity contribution < 1.29 is 24.2 Å². The second-order valence-electron chi connectivity index (χ2n) is 5.35. The van der Waals surface area contributed by atoms with Crippen molar-refractivity contribution >= 4 is 11.9 Å². The molecule has 1 amide bonds. The largest absolute Gasteiger partial charge is 0.508 e. The van der Waals surface area contributed by atoms with Crippen LogP contribution in [0.25, 0.3) is 0 Å². The van der Waals surface area contributed by atoms with E-state index in [1.165, 1.54) is 6.07 Å². The molecule has 0 heterocycles. The summed E-state index contributed by atoms with van der Waals surface area (Å²) in [5.41, 5.74) is -0.269. The number of hydrogen-bond acceptors (Lipinski definition) is 3.